The third-order valence-electron chi connectivity index (χ3n) is 3.09. The molecule has 0 nitrogen and oxygen atoms in total. The molecule has 0 N–H and O–H groups in total. The molecule has 2 aromatic rings. The van der Waals surface area contributed by atoms with Crippen molar-refractivity contribution in [1.29, 1.82) is 0 Å². The van der Waals surface area contributed by atoms with Crippen molar-refractivity contribution in [1.82, 2.24) is 0 Å². The van der Waals surface area contributed by atoms with E-state index >= 15 is 0 Å². The standard InChI is InChI=1S/C20H18/c1-3-17-11-5-7-13-19(17)15-9-10-16-20-14-8-6-12-18(20)4-2/h3-16H,1-2H2/b15-9+,16-10+. The van der Waals surface area contributed by atoms with E-state index in [2.05, 4.69) is 49.6 Å². The van der Waals surface area contributed by atoms with Crippen molar-refractivity contribution in [3.63, 3.8) is 0 Å². The molecule has 0 aromatic heterocycles. The van der Waals surface area contributed by atoms with Gasteiger partial charge in [0.1, 0.15) is 0 Å². The van der Waals surface area contributed by atoms with E-state index in [4.69, 9.17) is 0 Å². The number of benzene rings is 2. The third-order valence-corrected chi connectivity index (χ3v) is 3.09. The SMILES string of the molecule is C=Cc1ccccc1/C=C/C=C/c1ccccc1C=C. The van der Waals surface area contributed by atoms with Gasteiger partial charge in [0.15, 0.2) is 0 Å². The molecule has 0 fully saturated rings. The van der Waals surface area contributed by atoms with E-state index in [0.29, 0.717) is 0 Å². The second-order valence-electron chi connectivity index (χ2n) is 4.38. The number of allylic oxidation sites excluding steroid dienone is 2. The lowest BCUT2D eigenvalue weighted by Gasteiger charge is -1.99. The van der Waals surface area contributed by atoms with Gasteiger partial charge in [-0.05, 0) is 22.3 Å². The van der Waals surface area contributed by atoms with Crippen LogP contribution in [0.5, 0.6) is 0 Å². The van der Waals surface area contributed by atoms with E-state index in [1.807, 2.05) is 48.6 Å². The first-order valence-electron chi connectivity index (χ1n) is 6.63. The average Bonchev–Trinajstić information content (AvgIpc) is 2.52. The average molecular weight is 258 g/mol. The summed E-state index contributed by atoms with van der Waals surface area (Å²) < 4.78 is 0. The van der Waals surface area contributed by atoms with Crippen LogP contribution >= 0.6 is 0 Å². The maximum absolute atomic E-state index is 3.83. The Kier molecular flexibility index (Phi) is 4.91. The summed E-state index contributed by atoms with van der Waals surface area (Å²) in [4.78, 5) is 0. The topological polar surface area (TPSA) is 0 Å². The summed E-state index contributed by atoms with van der Waals surface area (Å²) in [6.07, 6.45) is 12.0. The van der Waals surface area contributed by atoms with E-state index in [-0.39, 0.29) is 0 Å². The molecule has 2 aromatic carbocycles. The zero-order valence-corrected chi connectivity index (χ0v) is 11.5. The van der Waals surface area contributed by atoms with Gasteiger partial charge in [-0.3, -0.25) is 0 Å². The van der Waals surface area contributed by atoms with Crippen molar-refractivity contribution in [2.75, 3.05) is 0 Å². The predicted octanol–water partition coefficient (Wildman–Crippen LogP) is 5.70. The molecule has 0 aliphatic rings. The van der Waals surface area contributed by atoms with Crippen LogP contribution in [0.15, 0.2) is 73.8 Å². The molecule has 0 aliphatic carbocycles. The van der Waals surface area contributed by atoms with Gasteiger partial charge in [-0.15, -0.1) is 0 Å². The number of hydrogen-bond donors (Lipinski definition) is 0. The number of rotatable bonds is 5. The summed E-state index contributed by atoms with van der Waals surface area (Å²) in [7, 11) is 0. The fourth-order valence-electron chi connectivity index (χ4n) is 2.02. The Morgan fingerprint density at radius 2 is 0.900 bits per heavy atom. The largest absolute Gasteiger partial charge is 0.0984 e. The Balaban J connectivity index is 2.15. The highest BCUT2D eigenvalue weighted by atomic mass is 14.0. The molecular weight excluding hydrogens is 240 g/mol. The van der Waals surface area contributed by atoms with Crippen LogP contribution in [-0.4, -0.2) is 0 Å². The van der Waals surface area contributed by atoms with Gasteiger partial charge in [0.25, 0.3) is 0 Å². The molecule has 0 radical (unpaired) electrons. The Bertz CT molecular complexity index is 598. The van der Waals surface area contributed by atoms with Crippen LogP contribution in [0.2, 0.25) is 0 Å². The highest BCUT2D eigenvalue weighted by Crippen LogP contribution is 2.14. The van der Waals surface area contributed by atoms with Crippen LogP contribution in [0, 0.1) is 0 Å². The van der Waals surface area contributed by atoms with Crippen molar-refractivity contribution < 1.29 is 0 Å². The van der Waals surface area contributed by atoms with Crippen molar-refractivity contribution >= 4 is 24.3 Å². The van der Waals surface area contributed by atoms with Crippen molar-refractivity contribution in [2.24, 2.45) is 0 Å². The second-order valence-corrected chi connectivity index (χ2v) is 4.38. The molecule has 0 heteroatoms. The quantitative estimate of drug-likeness (QED) is 0.603. The van der Waals surface area contributed by atoms with Crippen LogP contribution in [0.1, 0.15) is 22.3 Å². The molecule has 0 saturated carbocycles. The highest BCUT2D eigenvalue weighted by molar-refractivity contribution is 5.68. The summed E-state index contributed by atoms with van der Waals surface area (Å²) in [5.74, 6) is 0. The summed E-state index contributed by atoms with van der Waals surface area (Å²) in [6.45, 7) is 7.65. The highest BCUT2D eigenvalue weighted by Gasteiger charge is 1.93. The van der Waals surface area contributed by atoms with Crippen LogP contribution in [0.25, 0.3) is 24.3 Å². The van der Waals surface area contributed by atoms with Gasteiger partial charge in [-0.1, -0.05) is 98.1 Å². The van der Waals surface area contributed by atoms with E-state index in [9.17, 15) is 0 Å². The molecule has 0 bridgehead atoms. The Morgan fingerprint density at radius 1 is 0.550 bits per heavy atom. The Hall–Kier alpha value is -2.60. The molecule has 0 aliphatic heterocycles. The van der Waals surface area contributed by atoms with Gasteiger partial charge < -0.3 is 0 Å². The van der Waals surface area contributed by atoms with Crippen LogP contribution < -0.4 is 0 Å². The molecule has 2 rings (SSSR count). The molecule has 0 unspecified atom stereocenters. The lowest BCUT2D eigenvalue weighted by molar-refractivity contribution is 1.61. The van der Waals surface area contributed by atoms with Gasteiger partial charge in [-0.25, -0.2) is 0 Å². The van der Waals surface area contributed by atoms with Gasteiger partial charge in [-0.2, -0.15) is 0 Å². The molecule has 20 heavy (non-hydrogen) atoms. The minimum Gasteiger partial charge on any atom is -0.0984 e. The number of hydrogen-bond acceptors (Lipinski definition) is 0. The molecule has 0 spiro atoms. The Labute approximate surface area is 121 Å². The smallest absolute Gasteiger partial charge is 0.0184 e. The van der Waals surface area contributed by atoms with E-state index in [0.717, 1.165) is 11.1 Å². The van der Waals surface area contributed by atoms with E-state index < -0.39 is 0 Å². The molecular formula is C20H18. The zero-order valence-electron chi connectivity index (χ0n) is 11.5. The van der Waals surface area contributed by atoms with Gasteiger partial charge in [0.05, 0.1) is 0 Å². The monoisotopic (exact) mass is 258 g/mol. The predicted molar refractivity (Wildman–Crippen MR) is 91.1 cm³/mol. The lowest BCUT2D eigenvalue weighted by Crippen LogP contribution is -1.78. The summed E-state index contributed by atoms with van der Waals surface area (Å²) in [5.41, 5.74) is 4.63. The minimum atomic E-state index is 1.14. The fourth-order valence-corrected chi connectivity index (χ4v) is 2.02. The third kappa shape index (κ3) is 3.46. The van der Waals surface area contributed by atoms with E-state index in [1.165, 1.54) is 11.1 Å². The van der Waals surface area contributed by atoms with Crippen LogP contribution in [0.4, 0.5) is 0 Å². The zero-order chi connectivity index (χ0) is 14.2. The van der Waals surface area contributed by atoms with Crippen molar-refractivity contribution in [3.05, 3.63) is 96.1 Å². The molecule has 0 heterocycles. The summed E-state index contributed by atoms with van der Waals surface area (Å²) >= 11 is 0. The normalized spacial score (nSPS) is 11.0. The second kappa shape index (κ2) is 7.10. The van der Waals surface area contributed by atoms with Gasteiger partial charge in [0.2, 0.25) is 0 Å². The van der Waals surface area contributed by atoms with Gasteiger partial charge in [0, 0.05) is 0 Å². The molecule has 0 atom stereocenters. The Morgan fingerprint density at radius 3 is 1.25 bits per heavy atom. The summed E-state index contributed by atoms with van der Waals surface area (Å²) in [6, 6.07) is 16.4. The first-order chi connectivity index (χ1) is 9.85. The van der Waals surface area contributed by atoms with Crippen molar-refractivity contribution in [2.45, 2.75) is 0 Å². The first-order valence-corrected chi connectivity index (χ1v) is 6.63. The van der Waals surface area contributed by atoms with E-state index in [1.54, 1.807) is 0 Å². The van der Waals surface area contributed by atoms with Crippen LogP contribution in [0.3, 0.4) is 0 Å². The van der Waals surface area contributed by atoms with Crippen molar-refractivity contribution in [3.8, 4) is 0 Å². The van der Waals surface area contributed by atoms with Gasteiger partial charge >= 0.3 is 0 Å². The first kappa shape index (κ1) is 13.8. The minimum absolute atomic E-state index is 1.14. The summed E-state index contributed by atoms with van der Waals surface area (Å²) in [5, 5.41) is 0. The fraction of sp³-hybridized carbons (Fsp3) is 0. The molecule has 98 valence electrons. The molecule has 0 amide bonds. The van der Waals surface area contributed by atoms with Crippen LogP contribution in [-0.2, 0) is 0 Å². The molecule has 0 saturated heterocycles. The maximum Gasteiger partial charge on any atom is -0.0184 e. The lowest BCUT2D eigenvalue weighted by atomic mass is 10.1. The maximum atomic E-state index is 3.83.